The fourth-order valence-corrected chi connectivity index (χ4v) is 3.94. The first-order valence-corrected chi connectivity index (χ1v) is 9.05. The summed E-state index contributed by atoms with van der Waals surface area (Å²) in [7, 11) is 0. The molecule has 5 rings (SSSR count). The average Bonchev–Trinajstić information content (AvgIpc) is 3.06. The van der Waals surface area contributed by atoms with Gasteiger partial charge in [-0.15, -0.1) is 0 Å². The van der Waals surface area contributed by atoms with Gasteiger partial charge in [0.05, 0.1) is 11.2 Å². The highest BCUT2D eigenvalue weighted by Crippen LogP contribution is 2.40. The van der Waals surface area contributed by atoms with Gasteiger partial charge in [0.25, 0.3) is 0 Å². The van der Waals surface area contributed by atoms with E-state index in [-0.39, 0.29) is 5.78 Å². The maximum absolute atomic E-state index is 13.0. The van der Waals surface area contributed by atoms with Gasteiger partial charge in [0, 0.05) is 29.6 Å². The smallest absolute Gasteiger partial charge is 0.204 e. The van der Waals surface area contributed by atoms with Crippen molar-refractivity contribution in [2.45, 2.75) is 18.9 Å². The van der Waals surface area contributed by atoms with Crippen LogP contribution in [-0.4, -0.2) is 33.9 Å². The highest BCUT2D eigenvalue weighted by Gasteiger charge is 2.52. The number of nitrogens with zero attached hydrogens (tertiary/aromatic N) is 4. The molecule has 0 saturated carbocycles. The Morgan fingerprint density at radius 3 is 2.86 bits per heavy atom. The largest absolute Gasteiger partial charge is 0.374 e. The van der Waals surface area contributed by atoms with Crippen LogP contribution in [0, 0.1) is 18.3 Å². The number of carbonyl (C=O) groups is 1. The molecule has 2 aliphatic heterocycles. The third kappa shape index (κ3) is 2.27. The van der Waals surface area contributed by atoms with Crippen LogP contribution in [0.5, 0.6) is 0 Å². The van der Waals surface area contributed by atoms with Gasteiger partial charge in [-0.05, 0) is 49.4 Å². The Morgan fingerprint density at radius 1 is 1.18 bits per heavy atom. The summed E-state index contributed by atoms with van der Waals surface area (Å²) >= 11 is 0. The zero-order valence-electron chi connectivity index (χ0n) is 15.2. The topological polar surface area (TPSA) is 89.6 Å². The van der Waals surface area contributed by atoms with E-state index >= 15 is 0 Å². The van der Waals surface area contributed by atoms with Gasteiger partial charge in [-0.2, -0.15) is 5.26 Å². The Hall–Kier alpha value is -3.56. The van der Waals surface area contributed by atoms with Crippen molar-refractivity contribution in [3.8, 4) is 6.07 Å². The summed E-state index contributed by atoms with van der Waals surface area (Å²) in [4.78, 5) is 23.9. The third-order valence-corrected chi connectivity index (χ3v) is 5.42. The van der Waals surface area contributed by atoms with Gasteiger partial charge in [0.1, 0.15) is 17.6 Å². The minimum Gasteiger partial charge on any atom is -0.374 e. The molecule has 1 fully saturated rings. The highest BCUT2D eigenvalue weighted by atomic mass is 16.3. The second-order valence-corrected chi connectivity index (χ2v) is 7.23. The van der Waals surface area contributed by atoms with Crippen molar-refractivity contribution >= 4 is 33.9 Å². The Bertz CT molecular complexity index is 1240. The van der Waals surface area contributed by atoms with Gasteiger partial charge in [0.2, 0.25) is 5.78 Å². The van der Waals surface area contributed by atoms with E-state index in [0.29, 0.717) is 35.7 Å². The molecule has 0 bridgehead atoms. The molecule has 1 aromatic heterocycles. The van der Waals surface area contributed by atoms with E-state index in [1.165, 1.54) is 0 Å². The van der Waals surface area contributed by atoms with E-state index in [2.05, 4.69) is 9.98 Å². The standard InChI is InChI=1S/C22H16N4O2/c1-13-2-6-19-17(10-13)20(27)22(28)8-9-26(21(22)25-19)16-5-7-18-14(11-16)3-4-15(12-23)24-18/h2-7,10-11,28H,8-9H2,1H3. The molecule has 2 aliphatic rings. The minimum absolute atomic E-state index is 0.292. The molecule has 1 atom stereocenters. The fourth-order valence-electron chi connectivity index (χ4n) is 3.94. The molecule has 6 heteroatoms. The Morgan fingerprint density at radius 2 is 2.04 bits per heavy atom. The molecule has 1 saturated heterocycles. The number of amidine groups is 1. The van der Waals surface area contributed by atoms with E-state index in [9.17, 15) is 9.90 Å². The van der Waals surface area contributed by atoms with Crippen LogP contribution in [-0.2, 0) is 0 Å². The number of aryl methyl sites for hydroxylation is 1. The minimum atomic E-state index is -1.60. The molecule has 28 heavy (non-hydrogen) atoms. The summed E-state index contributed by atoms with van der Waals surface area (Å²) in [5, 5.41) is 21.0. The second-order valence-electron chi connectivity index (χ2n) is 7.23. The van der Waals surface area contributed by atoms with Crippen LogP contribution in [0.1, 0.15) is 28.0 Å². The zero-order valence-corrected chi connectivity index (χ0v) is 15.2. The fraction of sp³-hybridized carbons (Fsp3) is 0.182. The van der Waals surface area contributed by atoms with Crippen molar-refractivity contribution < 1.29 is 9.90 Å². The van der Waals surface area contributed by atoms with Crippen molar-refractivity contribution in [2.75, 3.05) is 11.4 Å². The summed E-state index contributed by atoms with van der Waals surface area (Å²) in [6, 6.07) is 16.7. The monoisotopic (exact) mass is 368 g/mol. The molecular formula is C22H16N4O2. The number of aliphatic imine (C=N–C) groups is 1. The number of anilines is 1. The lowest BCUT2D eigenvalue weighted by molar-refractivity contribution is 0.0602. The molecule has 2 aromatic carbocycles. The second kappa shape index (κ2) is 5.72. The van der Waals surface area contributed by atoms with Crippen LogP contribution in [0.3, 0.4) is 0 Å². The number of benzene rings is 2. The normalized spacial score (nSPS) is 20.5. The van der Waals surface area contributed by atoms with Crippen molar-refractivity contribution in [1.29, 1.82) is 5.26 Å². The lowest BCUT2D eigenvalue weighted by atomic mass is 9.87. The number of nitriles is 1. The van der Waals surface area contributed by atoms with Crippen LogP contribution in [0.15, 0.2) is 53.5 Å². The van der Waals surface area contributed by atoms with Gasteiger partial charge in [-0.25, -0.2) is 9.98 Å². The molecule has 0 amide bonds. The third-order valence-electron chi connectivity index (χ3n) is 5.42. The number of ketones is 1. The number of rotatable bonds is 1. The predicted molar refractivity (Wildman–Crippen MR) is 106 cm³/mol. The molecule has 3 aromatic rings. The summed E-state index contributed by atoms with van der Waals surface area (Å²) in [6.45, 7) is 2.40. The van der Waals surface area contributed by atoms with Gasteiger partial charge in [0.15, 0.2) is 5.60 Å². The van der Waals surface area contributed by atoms with Crippen LogP contribution < -0.4 is 4.90 Å². The maximum Gasteiger partial charge on any atom is 0.204 e. The molecule has 3 heterocycles. The number of hydrogen-bond donors (Lipinski definition) is 1. The van der Waals surface area contributed by atoms with E-state index < -0.39 is 5.60 Å². The van der Waals surface area contributed by atoms with Crippen molar-refractivity contribution in [3.63, 3.8) is 0 Å². The Labute approximate surface area is 161 Å². The van der Waals surface area contributed by atoms with Gasteiger partial charge < -0.3 is 10.0 Å². The van der Waals surface area contributed by atoms with Crippen LogP contribution in [0.2, 0.25) is 0 Å². The van der Waals surface area contributed by atoms with Crippen molar-refractivity contribution in [2.24, 2.45) is 4.99 Å². The zero-order chi connectivity index (χ0) is 19.5. The van der Waals surface area contributed by atoms with E-state index in [1.807, 2.05) is 54.3 Å². The van der Waals surface area contributed by atoms with Crippen LogP contribution >= 0.6 is 0 Å². The molecule has 0 aliphatic carbocycles. The highest BCUT2D eigenvalue weighted by molar-refractivity contribution is 6.28. The van der Waals surface area contributed by atoms with Crippen LogP contribution in [0.4, 0.5) is 11.4 Å². The summed E-state index contributed by atoms with van der Waals surface area (Å²) in [5.74, 6) is 0.0784. The Balaban J connectivity index is 1.62. The molecular weight excluding hydrogens is 352 g/mol. The number of aliphatic hydroxyl groups is 1. The van der Waals surface area contributed by atoms with E-state index in [0.717, 1.165) is 22.2 Å². The first kappa shape index (κ1) is 16.6. The number of hydrogen-bond acceptors (Lipinski definition) is 6. The van der Waals surface area contributed by atoms with Gasteiger partial charge >= 0.3 is 0 Å². The van der Waals surface area contributed by atoms with Gasteiger partial charge in [-0.1, -0.05) is 11.6 Å². The van der Waals surface area contributed by atoms with Crippen molar-refractivity contribution in [3.05, 3.63) is 65.4 Å². The number of pyridine rings is 1. The lowest BCUT2D eigenvalue weighted by Crippen LogP contribution is -2.48. The quantitative estimate of drug-likeness (QED) is 0.712. The average molecular weight is 368 g/mol. The molecule has 0 radical (unpaired) electrons. The molecule has 0 spiro atoms. The summed E-state index contributed by atoms with van der Waals surface area (Å²) in [6.07, 6.45) is 0.293. The molecule has 1 unspecified atom stereocenters. The first-order valence-electron chi connectivity index (χ1n) is 9.05. The summed E-state index contributed by atoms with van der Waals surface area (Å²) in [5.41, 5.74) is 2.34. The van der Waals surface area contributed by atoms with Crippen molar-refractivity contribution in [1.82, 2.24) is 4.98 Å². The number of Topliss-reactive ketones (excluding diaryl/α,β-unsaturated/α-hetero) is 1. The first-order chi connectivity index (χ1) is 13.5. The van der Waals surface area contributed by atoms with Crippen LogP contribution in [0.25, 0.3) is 10.9 Å². The predicted octanol–water partition coefficient (Wildman–Crippen LogP) is 3.28. The summed E-state index contributed by atoms with van der Waals surface area (Å²) < 4.78 is 0. The number of aromatic nitrogens is 1. The number of carbonyl (C=O) groups excluding carboxylic acids is 1. The number of fused-ring (bicyclic) bond motifs is 3. The molecule has 136 valence electrons. The maximum atomic E-state index is 13.0. The van der Waals surface area contributed by atoms with E-state index in [4.69, 9.17) is 5.26 Å². The Kier molecular flexibility index (Phi) is 3.39. The van der Waals surface area contributed by atoms with Gasteiger partial charge in [-0.3, -0.25) is 4.79 Å². The van der Waals surface area contributed by atoms with E-state index in [1.54, 1.807) is 12.1 Å². The molecule has 6 nitrogen and oxygen atoms in total. The SMILES string of the molecule is Cc1ccc2c(c1)C(=O)C1(O)CCN(c3ccc4nc(C#N)ccc4c3)C1=N2. The lowest BCUT2D eigenvalue weighted by Gasteiger charge is -2.30. The molecule has 1 N–H and O–H groups in total.